The van der Waals surface area contributed by atoms with E-state index in [1.54, 1.807) is 11.8 Å². The van der Waals surface area contributed by atoms with Gasteiger partial charge in [0.2, 0.25) is 5.13 Å². The summed E-state index contributed by atoms with van der Waals surface area (Å²) in [7, 11) is 0. The van der Waals surface area contributed by atoms with Crippen molar-refractivity contribution in [3.8, 4) is 0 Å². The van der Waals surface area contributed by atoms with Gasteiger partial charge in [0.1, 0.15) is 6.33 Å². The predicted octanol–water partition coefficient (Wildman–Crippen LogP) is 0.216. The molecule has 0 amide bonds. The first-order chi connectivity index (χ1) is 7.20. The first kappa shape index (κ1) is 10.3. The molecular weight excluding hydrogens is 218 g/mol. The van der Waals surface area contributed by atoms with Gasteiger partial charge in [-0.05, 0) is 6.92 Å². The van der Waals surface area contributed by atoms with Crippen molar-refractivity contribution in [1.82, 2.24) is 9.36 Å². The van der Waals surface area contributed by atoms with Crippen molar-refractivity contribution in [1.29, 1.82) is 0 Å². The third-order valence-corrected chi connectivity index (χ3v) is 3.04. The molecule has 0 aliphatic carbocycles. The van der Waals surface area contributed by atoms with Gasteiger partial charge in [-0.25, -0.2) is 9.78 Å². The molecule has 2 heterocycles. The summed E-state index contributed by atoms with van der Waals surface area (Å²) in [5.74, 6) is -0.891. The molecule has 2 rings (SSSR count). The van der Waals surface area contributed by atoms with Gasteiger partial charge in [0.05, 0.1) is 12.7 Å². The van der Waals surface area contributed by atoms with Gasteiger partial charge in [0.25, 0.3) is 0 Å². The number of rotatable bonds is 2. The van der Waals surface area contributed by atoms with E-state index in [0.717, 1.165) is 0 Å². The first-order valence-corrected chi connectivity index (χ1v) is 5.35. The van der Waals surface area contributed by atoms with Crippen LogP contribution in [0.4, 0.5) is 5.13 Å². The Kier molecular flexibility index (Phi) is 2.83. The number of hydrogen-bond donors (Lipinski definition) is 1. The van der Waals surface area contributed by atoms with Crippen LogP contribution in [0.2, 0.25) is 0 Å². The number of nitrogens with zero attached hydrogens (tertiary/aromatic N) is 3. The highest BCUT2D eigenvalue weighted by molar-refractivity contribution is 7.09. The van der Waals surface area contributed by atoms with E-state index in [4.69, 9.17) is 9.84 Å². The number of aromatic nitrogens is 2. The van der Waals surface area contributed by atoms with Crippen LogP contribution < -0.4 is 4.90 Å². The van der Waals surface area contributed by atoms with Crippen LogP contribution in [0.3, 0.4) is 0 Å². The smallest absolute Gasteiger partial charge is 0.329 e. The number of ether oxygens (including phenoxy) is 1. The lowest BCUT2D eigenvalue weighted by atomic mass is 10.1. The Morgan fingerprint density at radius 2 is 2.60 bits per heavy atom. The molecule has 82 valence electrons. The van der Waals surface area contributed by atoms with Gasteiger partial charge >= 0.3 is 5.97 Å². The molecule has 0 radical (unpaired) electrons. The molecule has 0 spiro atoms. The van der Waals surface area contributed by atoms with Crippen LogP contribution in [0.1, 0.15) is 6.92 Å². The Balaban J connectivity index is 2.24. The fourth-order valence-electron chi connectivity index (χ4n) is 1.66. The summed E-state index contributed by atoms with van der Waals surface area (Å²) in [6.45, 7) is 2.81. The standard InChI is InChI=1S/C8H11N3O3S/c1-5-6(7(12)13)11(2-3-14-5)8-9-4-10-15-8/h4-6H,2-3H2,1H3,(H,12,13). The average Bonchev–Trinajstić information content (AvgIpc) is 2.69. The van der Waals surface area contributed by atoms with Gasteiger partial charge in [0.15, 0.2) is 6.04 Å². The minimum Gasteiger partial charge on any atom is -0.480 e. The lowest BCUT2D eigenvalue weighted by molar-refractivity contribution is -0.143. The Hall–Kier alpha value is -1.21. The van der Waals surface area contributed by atoms with E-state index < -0.39 is 12.0 Å². The molecule has 1 aromatic heterocycles. The molecule has 1 aliphatic rings. The lowest BCUT2D eigenvalue weighted by Gasteiger charge is -2.36. The first-order valence-electron chi connectivity index (χ1n) is 4.58. The number of anilines is 1. The SMILES string of the molecule is CC1OCCN(c2ncns2)C1C(=O)O. The quantitative estimate of drug-likeness (QED) is 0.781. The highest BCUT2D eigenvalue weighted by atomic mass is 32.1. The molecule has 1 aromatic rings. The number of carbonyl (C=O) groups is 1. The van der Waals surface area contributed by atoms with Gasteiger partial charge in [-0.1, -0.05) is 0 Å². The van der Waals surface area contributed by atoms with Crippen molar-refractivity contribution in [3.63, 3.8) is 0 Å². The van der Waals surface area contributed by atoms with Crippen LogP contribution in [-0.4, -0.2) is 45.7 Å². The maximum absolute atomic E-state index is 11.1. The van der Waals surface area contributed by atoms with Crippen molar-refractivity contribution in [2.75, 3.05) is 18.1 Å². The van der Waals surface area contributed by atoms with E-state index in [2.05, 4.69) is 9.36 Å². The number of morpholine rings is 1. The molecule has 7 heteroatoms. The molecule has 1 aliphatic heterocycles. The summed E-state index contributed by atoms with van der Waals surface area (Å²) < 4.78 is 9.19. The summed E-state index contributed by atoms with van der Waals surface area (Å²) in [4.78, 5) is 16.9. The topological polar surface area (TPSA) is 75.5 Å². The van der Waals surface area contributed by atoms with E-state index in [1.165, 1.54) is 17.9 Å². The van der Waals surface area contributed by atoms with Crippen molar-refractivity contribution < 1.29 is 14.6 Å². The second-order valence-corrected chi connectivity index (χ2v) is 4.03. The Labute approximate surface area is 90.7 Å². The molecule has 0 aromatic carbocycles. The largest absolute Gasteiger partial charge is 0.480 e. The van der Waals surface area contributed by atoms with E-state index in [0.29, 0.717) is 18.3 Å². The molecule has 15 heavy (non-hydrogen) atoms. The fraction of sp³-hybridized carbons (Fsp3) is 0.625. The maximum Gasteiger partial charge on any atom is 0.329 e. The molecule has 2 atom stereocenters. The summed E-state index contributed by atoms with van der Waals surface area (Å²) in [6, 6.07) is -0.674. The van der Waals surface area contributed by atoms with Crippen molar-refractivity contribution in [2.45, 2.75) is 19.1 Å². The van der Waals surface area contributed by atoms with Crippen LogP contribution in [0.25, 0.3) is 0 Å². The summed E-state index contributed by atoms with van der Waals surface area (Å²) >= 11 is 1.20. The second kappa shape index (κ2) is 4.11. The Morgan fingerprint density at radius 3 is 3.20 bits per heavy atom. The van der Waals surface area contributed by atoms with Gasteiger partial charge in [0, 0.05) is 18.1 Å². The molecule has 6 nitrogen and oxygen atoms in total. The van der Waals surface area contributed by atoms with Gasteiger partial charge in [-0.2, -0.15) is 4.37 Å². The highest BCUT2D eigenvalue weighted by Crippen LogP contribution is 2.23. The summed E-state index contributed by atoms with van der Waals surface area (Å²) in [5, 5.41) is 9.75. The molecule has 1 saturated heterocycles. The summed E-state index contributed by atoms with van der Waals surface area (Å²) in [6.07, 6.45) is 1.10. The van der Waals surface area contributed by atoms with Crippen LogP contribution in [0.5, 0.6) is 0 Å². The Bertz CT molecular complexity index is 343. The maximum atomic E-state index is 11.1. The molecule has 0 saturated carbocycles. The van der Waals surface area contributed by atoms with Gasteiger partial charge < -0.3 is 14.7 Å². The zero-order valence-electron chi connectivity index (χ0n) is 8.16. The van der Waals surface area contributed by atoms with Crippen molar-refractivity contribution in [3.05, 3.63) is 6.33 Å². The van der Waals surface area contributed by atoms with Crippen LogP contribution in [0, 0.1) is 0 Å². The molecule has 1 fully saturated rings. The average molecular weight is 229 g/mol. The summed E-state index contributed by atoms with van der Waals surface area (Å²) in [5.41, 5.74) is 0. The minimum absolute atomic E-state index is 0.333. The van der Waals surface area contributed by atoms with Crippen LogP contribution >= 0.6 is 11.5 Å². The third-order valence-electron chi connectivity index (χ3n) is 2.34. The molecule has 1 N–H and O–H groups in total. The van der Waals surface area contributed by atoms with Crippen LogP contribution in [-0.2, 0) is 9.53 Å². The highest BCUT2D eigenvalue weighted by Gasteiger charge is 2.36. The van der Waals surface area contributed by atoms with E-state index in [1.807, 2.05) is 0 Å². The fourth-order valence-corrected chi connectivity index (χ4v) is 2.26. The number of carboxylic acid groups (broad SMARTS) is 1. The number of hydrogen-bond acceptors (Lipinski definition) is 6. The molecule has 2 unspecified atom stereocenters. The van der Waals surface area contributed by atoms with Crippen LogP contribution in [0.15, 0.2) is 6.33 Å². The minimum atomic E-state index is -0.891. The predicted molar refractivity (Wildman–Crippen MR) is 54.1 cm³/mol. The third kappa shape index (κ3) is 1.93. The zero-order valence-corrected chi connectivity index (χ0v) is 8.98. The van der Waals surface area contributed by atoms with Crippen molar-refractivity contribution in [2.24, 2.45) is 0 Å². The van der Waals surface area contributed by atoms with Crippen molar-refractivity contribution >= 4 is 22.6 Å². The second-order valence-electron chi connectivity index (χ2n) is 3.28. The Morgan fingerprint density at radius 1 is 1.80 bits per heavy atom. The normalized spacial score (nSPS) is 26.6. The van der Waals surface area contributed by atoms with Gasteiger partial charge in [-0.3, -0.25) is 0 Å². The van der Waals surface area contributed by atoms with E-state index >= 15 is 0 Å². The van der Waals surface area contributed by atoms with E-state index in [-0.39, 0.29) is 6.10 Å². The lowest BCUT2D eigenvalue weighted by Crippen LogP contribution is -2.54. The number of aliphatic carboxylic acids is 1. The zero-order chi connectivity index (χ0) is 10.8. The van der Waals surface area contributed by atoms with E-state index in [9.17, 15) is 4.79 Å². The molecule has 0 bridgehead atoms. The monoisotopic (exact) mass is 229 g/mol. The molecular formula is C8H11N3O3S. The van der Waals surface area contributed by atoms with Gasteiger partial charge in [-0.15, -0.1) is 0 Å². The number of carboxylic acids is 1.